The predicted octanol–water partition coefficient (Wildman–Crippen LogP) is 2.89. The van der Waals surface area contributed by atoms with Gasteiger partial charge in [0.1, 0.15) is 0 Å². The minimum Gasteiger partial charge on any atom is -0.466 e. The van der Waals surface area contributed by atoms with E-state index in [0.717, 1.165) is 30.7 Å². The summed E-state index contributed by atoms with van der Waals surface area (Å²) in [5, 5.41) is 3.82. The van der Waals surface area contributed by atoms with Crippen LogP contribution in [-0.4, -0.2) is 24.7 Å². The minimum absolute atomic E-state index is 0.0465. The largest absolute Gasteiger partial charge is 0.466 e. The minimum atomic E-state index is -0.0465. The third-order valence-electron chi connectivity index (χ3n) is 5.40. The number of ether oxygens (including phenoxy) is 1. The van der Waals surface area contributed by atoms with Crippen molar-refractivity contribution in [3.05, 3.63) is 0 Å². The highest BCUT2D eigenvalue weighted by atomic mass is 16.5. The molecule has 4 rings (SSSR count). The summed E-state index contributed by atoms with van der Waals surface area (Å²) < 4.78 is 4.97. The molecule has 0 aromatic rings. The van der Waals surface area contributed by atoms with Crippen molar-refractivity contribution in [2.24, 2.45) is 17.8 Å². The maximum Gasteiger partial charge on any atom is 0.305 e. The topological polar surface area (TPSA) is 38.3 Å². The molecule has 0 amide bonds. The van der Waals surface area contributed by atoms with Crippen molar-refractivity contribution < 1.29 is 9.53 Å². The molecule has 19 heavy (non-hydrogen) atoms. The number of carbonyl (C=O) groups excluding carboxylic acids is 1. The van der Waals surface area contributed by atoms with Crippen molar-refractivity contribution in [2.75, 3.05) is 13.2 Å². The maximum atomic E-state index is 11.3. The Kier molecular flexibility index (Phi) is 3.84. The van der Waals surface area contributed by atoms with Crippen molar-refractivity contribution in [3.63, 3.8) is 0 Å². The van der Waals surface area contributed by atoms with Gasteiger partial charge in [0.05, 0.1) is 6.61 Å². The van der Waals surface area contributed by atoms with E-state index >= 15 is 0 Å². The Labute approximate surface area is 116 Å². The molecule has 4 aliphatic rings. The molecule has 4 bridgehead atoms. The number of rotatable bonds is 6. The van der Waals surface area contributed by atoms with E-state index in [2.05, 4.69) is 5.32 Å². The first-order chi connectivity index (χ1) is 9.19. The molecule has 0 aromatic heterocycles. The Bertz CT molecular complexity index is 304. The second kappa shape index (κ2) is 5.43. The number of nitrogens with one attached hydrogen (secondary N) is 1. The average Bonchev–Trinajstić information content (AvgIpc) is 2.33. The first kappa shape index (κ1) is 13.4. The van der Waals surface area contributed by atoms with E-state index in [0.29, 0.717) is 18.6 Å². The summed E-state index contributed by atoms with van der Waals surface area (Å²) in [6, 6.07) is 0. The van der Waals surface area contributed by atoms with Crippen molar-refractivity contribution in [1.29, 1.82) is 0 Å². The molecule has 108 valence electrons. The van der Waals surface area contributed by atoms with Crippen LogP contribution in [0.2, 0.25) is 0 Å². The highest BCUT2D eigenvalue weighted by molar-refractivity contribution is 5.69. The lowest BCUT2D eigenvalue weighted by Crippen LogP contribution is -2.58. The van der Waals surface area contributed by atoms with Crippen molar-refractivity contribution in [2.45, 2.75) is 63.8 Å². The molecule has 0 spiro atoms. The van der Waals surface area contributed by atoms with Crippen LogP contribution in [0.4, 0.5) is 0 Å². The molecule has 4 saturated carbocycles. The van der Waals surface area contributed by atoms with Gasteiger partial charge in [-0.15, -0.1) is 0 Å². The fourth-order valence-corrected chi connectivity index (χ4v) is 5.15. The van der Waals surface area contributed by atoms with Crippen LogP contribution in [0.3, 0.4) is 0 Å². The summed E-state index contributed by atoms with van der Waals surface area (Å²) >= 11 is 0. The zero-order chi connectivity index (χ0) is 13.3. The summed E-state index contributed by atoms with van der Waals surface area (Å²) in [4.78, 5) is 11.3. The van der Waals surface area contributed by atoms with Crippen LogP contribution in [0.25, 0.3) is 0 Å². The van der Waals surface area contributed by atoms with Crippen LogP contribution in [0.5, 0.6) is 0 Å². The summed E-state index contributed by atoms with van der Waals surface area (Å²) in [6.45, 7) is 3.35. The normalized spacial score (nSPS) is 39.5. The Morgan fingerprint density at radius 1 is 1.16 bits per heavy atom. The van der Waals surface area contributed by atoms with Gasteiger partial charge in [-0.05, 0) is 76.2 Å². The molecule has 0 atom stereocenters. The molecule has 3 heteroatoms. The van der Waals surface area contributed by atoms with Crippen LogP contribution in [0.1, 0.15) is 58.3 Å². The fourth-order valence-electron chi connectivity index (χ4n) is 5.15. The van der Waals surface area contributed by atoms with Gasteiger partial charge in [0.25, 0.3) is 0 Å². The van der Waals surface area contributed by atoms with E-state index in [4.69, 9.17) is 4.74 Å². The first-order valence-electron chi connectivity index (χ1n) is 8.10. The highest BCUT2D eigenvalue weighted by Crippen LogP contribution is 2.55. The van der Waals surface area contributed by atoms with Crippen LogP contribution < -0.4 is 5.32 Å². The first-order valence-corrected chi connectivity index (χ1v) is 8.10. The third-order valence-corrected chi connectivity index (χ3v) is 5.40. The molecule has 0 heterocycles. The predicted molar refractivity (Wildman–Crippen MR) is 74.8 cm³/mol. The van der Waals surface area contributed by atoms with Gasteiger partial charge in [0.2, 0.25) is 0 Å². The average molecular weight is 265 g/mol. The quantitative estimate of drug-likeness (QED) is 0.593. The van der Waals surface area contributed by atoms with Crippen LogP contribution in [0.15, 0.2) is 0 Å². The van der Waals surface area contributed by atoms with Gasteiger partial charge in [-0.3, -0.25) is 4.79 Å². The third kappa shape index (κ3) is 2.96. The molecule has 1 N–H and O–H groups in total. The van der Waals surface area contributed by atoms with Crippen molar-refractivity contribution >= 4 is 5.97 Å². The van der Waals surface area contributed by atoms with Gasteiger partial charge in [-0.2, -0.15) is 0 Å². The lowest BCUT2D eigenvalue weighted by Gasteiger charge is -2.57. The van der Waals surface area contributed by atoms with Crippen molar-refractivity contribution in [1.82, 2.24) is 5.32 Å². The molecule has 0 unspecified atom stereocenters. The number of hydrogen-bond donors (Lipinski definition) is 1. The Balaban J connectivity index is 1.44. The van der Waals surface area contributed by atoms with Gasteiger partial charge < -0.3 is 10.1 Å². The van der Waals surface area contributed by atoms with Crippen LogP contribution in [0, 0.1) is 17.8 Å². The molecular formula is C16H27NO2. The fraction of sp³-hybridized carbons (Fsp3) is 0.938. The zero-order valence-corrected chi connectivity index (χ0v) is 12.1. The second-order valence-corrected chi connectivity index (χ2v) is 7.03. The van der Waals surface area contributed by atoms with Gasteiger partial charge in [0.15, 0.2) is 0 Å². The standard InChI is InChI=1S/C16H27NO2/c1-2-19-15(18)4-3-5-17-16-9-12-6-13(10-16)8-14(7-12)11-16/h12-14,17H,2-11H2,1H3. The lowest BCUT2D eigenvalue weighted by molar-refractivity contribution is -0.143. The molecule has 0 aromatic carbocycles. The number of hydrogen-bond acceptors (Lipinski definition) is 3. The Morgan fingerprint density at radius 2 is 1.74 bits per heavy atom. The Hall–Kier alpha value is -0.570. The molecule has 4 aliphatic carbocycles. The van der Waals surface area contributed by atoms with E-state index < -0.39 is 0 Å². The van der Waals surface area contributed by atoms with E-state index in [-0.39, 0.29) is 5.97 Å². The Morgan fingerprint density at radius 3 is 2.26 bits per heavy atom. The molecule has 0 saturated heterocycles. The van der Waals surface area contributed by atoms with E-state index in [1.165, 1.54) is 38.5 Å². The van der Waals surface area contributed by atoms with E-state index in [9.17, 15) is 4.79 Å². The second-order valence-electron chi connectivity index (χ2n) is 7.03. The van der Waals surface area contributed by atoms with E-state index in [1.807, 2.05) is 6.92 Å². The molecular weight excluding hydrogens is 238 g/mol. The summed E-state index contributed by atoms with van der Waals surface area (Å²) in [6.07, 6.45) is 10.1. The van der Waals surface area contributed by atoms with Gasteiger partial charge in [0, 0.05) is 12.0 Å². The summed E-state index contributed by atoms with van der Waals surface area (Å²) in [5.41, 5.74) is 0.434. The van der Waals surface area contributed by atoms with Crippen molar-refractivity contribution in [3.8, 4) is 0 Å². The van der Waals surface area contributed by atoms with E-state index in [1.54, 1.807) is 0 Å². The summed E-state index contributed by atoms with van der Waals surface area (Å²) in [5.74, 6) is 2.92. The molecule has 0 aliphatic heterocycles. The smallest absolute Gasteiger partial charge is 0.305 e. The SMILES string of the molecule is CCOC(=O)CCCNC12CC3CC(CC(C3)C1)C2. The highest BCUT2D eigenvalue weighted by Gasteiger charge is 2.50. The van der Waals surface area contributed by atoms with Crippen LogP contribution >= 0.6 is 0 Å². The molecule has 0 radical (unpaired) electrons. The lowest BCUT2D eigenvalue weighted by atomic mass is 9.53. The van der Waals surface area contributed by atoms with Crippen LogP contribution in [-0.2, 0) is 9.53 Å². The maximum absolute atomic E-state index is 11.3. The molecule has 3 nitrogen and oxygen atoms in total. The van der Waals surface area contributed by atoms with Gasteiger partial charge >= 0.3 is 5.97 Å². The monoisotopic (exact) mass is 265 g/mol. The van der Waals surface area contributed by atoms with Gasteiger partial charge in [-0.1, -0.05) is 0 Å². The number of esters is 1. The molecule has 4 fully saturated rings. The zero-order valence-electron chi connectivity index (χ0n) is 12.1. The number of carbonyl (C=O) groups is 1. The van der Waals surface area contributed by atoms with Gasteiger partial charge in [-0.25, -0.2) is 0 Å². The summed E-state index contributed by atoms with van der Waals surface area (Å²) in [7, 11) is 0.